The molecule has 2 N–H and O–H groups in total. The molecule has 0 aromatic rings. The van der Waals surface area contributed by atoms with E-state index in [1.807, 2.05) is 38.7 Å². The predicted octanol–water partition coefficient (Wildman–Crippen LogP) is 1.11. The van der Waals surface area contributed by atoms with Gasteiger partial charge in [-0.05, 0) is 27.7 Å². The maximum atomic E-state index is 11.7. The monoisotopic (exact) mass is 267 g/mol. The number of carboxylic acids is 1. The maximum Gasteiger partial charge on any atom is 0.305 e. The molecule has 0 aliphatic rings. The van der Waals surface area contributed by atoms with Crippen LogP contribution in [-0.2, 0) is 9.59 Å². The predicted molar refractivity (Wildman–Crippen MR) is 71.1 cm³/mol. The molecule has 6 nitrogen and oxygen atoms in total. The van der Waals surface area contributed by atoms with Crippen LogP contribution in [-0.4, -0.2) is 40.5 Å². The minimum absolute atomic E-state index is 0.00876. The normalized spacial score (nSPS) is 11.6. The average Bonchev–Trinajstić information content (AvgIpc) is 2.28. The highest BCUT2D eigenvalue weighted by Gasteiger charge is 2.19. The fourth-order valence-electron chi connectivity index (χ4n) is 1.43. The topological polar surface area (TPSA) is 93.4 Å². The molecule has 106 valence electrons. The van der Waals surface area contributed by atoms with Crippen LogP contribution in [0.3, 0.4) is 0 Å². The third-order valence-corrected chi connectivity index (χ3v) is 2.48. The van der Waals surface area contributed by atoms with Crippen LogP contribution in [0.5, 0.6) is 0 Å². The van der Waals surface area contributed by atoms with Gasteiger partial charge in [0.15, 0.2) is 0 Å². The summed E-state index contributed by atoms with van der Waals surface area (Å²) in [5.74, 6) is -1.54. The summed E-state index contributed by atoms with van der Waals surface area (Å²) in [4.78, 5) is 23.9. The molecule has 0 fully saturated rings. The molecular formula is C13H21N3O3. The van der Waals surface area contributed by atoms with Crippen LogP contribution in [0.25, 0.3) is 0 Å². The van der Waals surface area contributed by atoms with Crippen molar-refractivity contribution in [1.29, 1.82) is 5.26 Å². The van der Waals surface area contributed by atoms with Crippen molar-refractivity contribution in [2.75, 3.05) is 13.1 Å². The first-order chi connectivity index (χ1) is 8.72. The Labute approximate surface area is 113 Å². The molecular weight excluding hydrogens is 246 g/mol. The van der Waals surface area contributed by atoms with Gasteiger partial charge in [-0.1, -0.05) is 0 Å². The number of carbonyl (C=O) groups excluding carboxylic acids is 1. The van der Waals surface area contributed by atoms with E-state index in [2.05, 4.69) is 5.32 Å². The van der Waals surface area contributed by atoms with Crippen molar-refractivity contribution in [3.05, 3.63) is 11.8 Å². The van der Waals surface area contributed by atoms with Gasteiger partial charge >= 0.3 is 5.97 Å². The number of aliphatic carboxylic acids is 1. The molecule has 0 bridgehead atoms. The number of hydrogen-bond donors (Lipinski definition) is 2. The van der Waals surface area contributed by atoms with Crippen LogP contribution in [0.1, 0.15) is 34.1 Å². The number of carbonyl (C=O) groups is 2. The molecule has 19 heavy (non-hydrogen) atoms. The van der Waals surface area contributed by atoms with Gasteiger partial charge in [0, 0.05) is 24.8 Å². The molecule has 0 saturated carbocycles. The Kier molecular flexibility index (Phi) is 6.62. The molecule has 0 aliphatic carbocycles. The van der Waals surface area contributed by atoms with Crippen molar-refractivity contribution in [2.45, 2.75) is 39.7 Å². The van der Waals surface area contributed by atoms with E-state index in [-0.39, 0.29) is 24.1 Å². The first kappa shape index (κ1) is 17.0. The van der Waals surface area contributed by atoms with E-state index in [0.29, 0.717) is 6.54 Å². The average molecular weight is 267 g/mol. The third-order valence-electron chi connectivity index (χ3n) is 2.48. The van der Waals surface area contributed by atoms with Gasteiger partial charge in [-0.25, -0.2) is 0 Å². The summed E-state index contributed by atoms with van der Waals surface area (Å²) in [5, 5.41) is 19.9. The molecule has 0 heterocycles. The number of nitrogens with one attached hydrogen (secondary N) is 1. The Morgan fingerprint density at radius 2 is 2.00 bits per heavy atom. The van der Waals surface area contributed by atoms with Crippen LogP contribution >= 0.6 is 0 Å². The molecule has 0 aromatic carbocycles. The van der Waals surface area contributed by atoms with Gasteiger partial charge < -0.3 is 15.3 Å². The molecule has 0 aromatic heterocycles. The van der Waals surface area contributed by atoms with Crippen molar-refractivity contribution in [3.8, 4) is 6.07 Å². The van der Waals surface area contributed by atoms with Crippen molar-refractivity contribution in [3.63, 3.8) is 0 Å². The molecule has 1 amide bonds. The number of rotatable bonds is 6. The lowest BCUT2D eigenvalue weighted by Gasteiger charge is -2.33. The van der Waals surface area contributed by atoms with Gasteiger partial charge in [0.1, 0.15) is 11.6 Å². The SMILES string of the molecule is CCN(/C=C(/C#N)C(=O)NCCC(=O)O)C(C)(C)C. The van der Waals surface area contributed by atoms with Crippen molar-refractivity contribution < 1.29 is 14.7 Å². The zero-order chi connectivity index (χ0) is 15.1. The summed E-state index contributed by atoms with van der Waals surface area (Å²) in [6, 6.07) is 1.84. The lowest BCUT2D eigenvalue weighted by atomic mass is 10.1. The van der Waals surface area contributed by atoms with Crippen molar-refractivity contribution in [2.24, 2.45) is 0 Å². The smallest absolute Gasteiger partial charge is 0.305 e. The van der Waals surface area contributed by atoms with E-state index in [0.717, 1.165) is 0 Å². The minimum Gasteiger partial charge on any atom is -0.481 e. The summed E-state index contributed by atoms with van der Waals surface area (Å²) in [5.41, 5.74) is -0.222. The number of nitriles is 1. The fraction of sp³-hybridized carbons (Fsp3) is 0.615. The Morgan fingerprint density at radius 3 is 2.37 bits per heavy atom. The van der Waals surface area contributed by atoms with E-state index in [9.17, 15) is 9.59 Å². The minimum atomic E-state index is -0.993. The van der Waals surface area contributed by atoms with Gasteiger partial charge in [0.2, 0.25) is 0 Å². The van der Waals surface area contributed by atoms with E-state index in [1.165, 1.54) is 6.20 Å². The van der Waals surface area contributed by atoms with Gasteiger partial charge in [-0.15, -0.1) is 0 Å². The summed E-state index contributed by atoms with van der Waals surface area (Å²) >= 11 is 0. The Hall–Kier alpha value is -2.03. The second kappa shape index (κ2) is 7.41. The first-order valence-corrected chi connectivity index (χ1v) is 6.11. The van der Waals surface area contributed by atoms with E-state index in [1.54, 1.807) is 0 Å². The number of nitrogens with zero attached hydrogens (tertiary/aromatic N) is 2. The zero-order valence-corrected chi connectivity index (χ0v) is 11.9. The van der Waals surface area contributed by atoms with Crippen LogP contribution in [0.2, 0.25) is 0 Å². The summed E-state index contributed by atoms with van der Waals surface area (Å²) in [6.07, 6.45) is 1.34. The van der Waals surface area contributed by atoms with Crippen LogP contribution < -0.4 is 5.32 Å². The molecule has 0 radical (unpaired) electrons. The fourth-order valence-corrected chi connectivity index (χ4v) is 1.43. The van der Waals surface area contributed by atoms with Crippen molar-refractivity contribution in [1.82, 2.24) is 10.2 Å². The van der Waals surface area contributed by atoms with E-state index >= 15 is 0 Å². The Bertz CT molecular complexity index is 402. The van der Waals surface area contributed by atoms with E-state index in [4.69, 9.17) is 10.4 Å². The van der Waals surface area contributed by atoms with Crippen LogP contribution in [0.15, 0.2) is 11.8 Å². The van der Waals surface area contributed by atoms with Crippen molar-refractivity contribution >= 4 is 11.9 Å². The number of carboxylic acid groups (broad SMARTS) is 1. The van der Waals surface area contributed by atoms with Gasteiger partial charge in [0.05, 0.1) is 6.42 Å². The zero-order valence-electron chi connectivity index (χ0n) is 11.9. The molecule has 0 spiro atoms. The lowest BCUT2D eigenvalue weighted by molar-refractivity contribution is -0.136. The second-order valence-corrected chi connectivity index (χ2v) is 5.01. The maximum absolute atomic E-state index is 11.7. The number of hydrogen-bond acceptors (Lipinski definition) is 4. The molecule has 6 heteroatoms. The summed E-state index contributed by atoms with van der Waals surface area (Å²) in [6.45, 7) is 8.53. The lowest BCUT2D eigenvalue weighted by Crippen LogP contribution is -2.38. The molecule has 0 unspecified atom stereocenters. The van der Waals surface area contributed by atoms with E-state index < -0.39 is 11.9 Å². The molecule has 0 rings (SSSR count). The van der Waals surface area contributed by atoms with Gasteiger partial charge in [-0.2, -0.15) is 5.26 Å². The van der Waals surface area contributed by atoms with Crippen LogP contribution in [0, 0.1) is 11.3 Å². The van der Waals surface area contributed by atoms with Gasteiger partial charge in [-0.3, -0.25) is 9.59 Å². The highest BCUT2D eigenvalue weighted by Crippen LogP contribution is 2.14. The van der Waals surface area contributed by atoms with Gasteiger partial charge in [0.25, 0.3) is 5.91 Å². The molecule has 0 aliphatic heterocycles. The quantitative estimate of drug-likeness (QED) is 0.555. The Balaban J connectivity index is 4.76. The molecule has 0 saturated heterocycles. The largest absolute Gasteiger partial charge is 0.481 e. The van der Waals surface area contributed by atoms with Crippen LogP contribution in [0.4, 0.5) is 0 Å². The Morgan fingerprint density at radius 1 is 1.42 bits per heavy atom. The summed E-state index contributed by atoms with van der Waals surface area (Å²) < 4.78 is 0. The summed E-state index contributed by atoms with van der Waals surface area (Å²) in [7, 11) is 0. The second-order valence-electron chi connectivity index (χ2n) is 5.01. The molecule has 0 atom stereocenters. The highest BCUT2D eigenvalue weighted by molar-refractivity contribution is 5.97. The highest BCUT2D eigenvalue weighted by atomic mass is 16.4. The third kappa shape index (κ3) is 6.46. The first-order valence-electron chi connectivity index (χ1n) is 6.11. The standard InChI is InChI=1S/C13H21N3O3/c1-5-16(13(2,3)4)9-10(8-14)12(19)15-7-6-11(17)18/h9H,5-7H2,1-4H3,(H,15,19)(H,17,18)/b10-9-. The number of amides is 1.